The summed E-state index contributed by atoms with van der Waals surface area (Å²) in [5.74, 6) is -1.81. The Balaban J connectivity index is 1.77. The van der Waals surface area contributed by atoms with Crippen LogP contribution in [0, 0.1) is 0 Å². The molecule has 2 fully saturated rings. The first kappa shape index (κ1) is 20.7. The van der Waals surface area contributed by atoms with Gasteiger partial charge in [-0.25, -0.2) is 0 Å². The average Bonchev–Trinajstić information content (AvgIpc) is 3.09. The lowest BCUT2D eigenvalue weighted by molar-refractivity contribution is -0.236. The second-order valence-electron chi connectivity index (χ2n) is 7.28. The van der Waals surface area contributed by atoms with E-state index in [2.05, 4.69) is 0 Å². The Kier molecular flexibility index (Phi) is 6.34. The van der Waals surface area contributed by atoms with Gasteiger partial charge in [0.2, 0.25) is 0 Å². The van der Waals surface area contributed by atoms with Crippen molar-refractivity contribution in [1.82, 2.24) is 0 Å². The SMILES string of the molecule is CC(=O)OC[C@@H](OC(C)=O)[C@@H]1O[C@@H]2OC(C)(C)O[C@@H]2[C@H]1OCc1ccccc1. The minimum Gasteiger partial charge on any atom is -0.462 e. The molecule has 154 valence electrons. The quantitative estimate of drug-likeness (QED) is 0.648. The molecule has 0 unspecified atom stereocenters. The van der Waals surface area contributed by atoms with Gasteiger partial charge in [0.05, 0.1) is 6.61 Å². The van der Waals surface area contributed by atoms with Crippen molar-refractivity contribution in [2.24, 2.45) is 0 Å². The highest BCUT2D eigenvalue weighted by molar-refractivity contribution is 5.67. The zero-order valence-corrected chi connectivity index (χ0v) is 16.5. The van der Waals surface area contributed by atoms with Gasteiger partial charge in [-0.15, -0.1) is 0 Å². The first-order valence-corrected chi connectivity index (χ1v) is 9.22. The number of esters is 2. The predicted octanol–water partition coefficient (Wildman–Crippen LogP) is 1.94. The summed E-state index contributed by atoms with van der Waals surface area (Å²) >= 11 is 0. The highest BCUT2D eigenvalue weighted by Gasteiger charge is 2.58. The third-order valence-electron chi connectivity index (χ3n) is 4.45. The Morgan fingerprint density at radius 2 is 1.82 bits per heavy atom. The van der Waals surface area contributed by atoms with Gasteiger partial charge in [0.15, 0.2) is 18.2 Å². The summed E-state index contributed by atoms with van der Waals surface area (Å²) in [4.78, 5) is 22.8. The van der Waals surface area contributed by atoms with Gasteiger partial charge in [0.1, 0.15) is 24.9 Å². The molecule has 2 aliphatic rings. The van der Waals surface area contributed by atoms with Crippen LogP contribution >= 0.6 is 0 Å². The molecular formula is C20H26O8. The van der Waals surface area contributed by atoms with Gasteiger partial charge in [0.25, 0.3) is 0 Å². The van der Waals surface area contributed by atoms with Crippen LogP contribution in [0.1, 0.15) is 33.3 Å². The minimum absolute atomic E-state index is 0.145. The smallest absolute Gasteiger partial charge is 0.303 e. The summed E-state index contributed by atoms with van der Waals surface area (Å²) in [6.45, 7) is 6.33. The van der Waals surface area contributed by atoms with Crippen LogP contribution in [0.2, 0.25) is 0 Å². The number of carbonyl (C=O) groups excluding carboxylic acids is 2. The second kappa shape index (κ2) is 8.57. The highest BCUT2D eigenvalue weighted by atomic mass is 16.8. The van der Waals surface area contributed by atoms with Crippen molar-refractivity contribution in [2.75, 3.05) is 6.61 Å². The largest absolute Gasteiger partial charge is 0.462 e. The van der Waals surface area contributed by atoms with E-state index in [-0.39, 0.29) is 6.61 Å². The normalized spacial score (nSPS) is 29.1. The maximum Gasteiger partial charge on any atom is 0.303 e. The number of rotatable bonds is 7. The Labute approximate surface area is 164 Å². The van der Waals surface area contributed by atoms with Crippen molar-refractivity contribution in [3.05, 3.63) is 35.9 Å². The summed E-state index contributed by atoms with van der Waals surface area (Å²) in [6, 6.07) is 9.66. The van der Waals surface area contributed by atoms with Gasteiger partial charge < -0.3 is 28.4 Å². The molecule has 0 bridgehead atoms. The zero-order valence-electron chi connectivity index (χ0n) is 16.5. The van der Waals surface area contributed by atoms with Crippen LogP contribution in [0.25, 0.3) is 0 Å². The van der Waals surface area contributed by atoms with Crippen LogP contribution in [0.4, 0.5) is 0 Å². The predicted molar refractivity (Wildman–Crippen MR) is 95.9 cm³/mol. The van der Waals surface area contributed by atoms with Crippen LogP contribution in [0.5, 0.6) is 0 Å². The summed E-state index contributed by atoms with van der Waals surface area (Å²) in [5.41, 5.74) is 0.979. The van der Waals surface area contributed by atoms with E-state index in [0.29, 0.717) is 6.61 Å². The van der Waals surface area contributed by atoms with Crippen molar-refractivity contribution < 1.29 is 38.0 Å². The first-order chi connectivity index (χ1) is 13.2. The molecule has 2 saturated heterocycles. The molecule has 0 radical (unpaired) electrons. The lowest BCUT2D eigenvalue weighted by atomic mass is 10.1. The summed E-state index contributed by atoms with van der Waals surface area (Å²) in [6.07, 6.45) is -3.30. The van der Waals surface area contributed by atoms with Crippen LogP contribution in [0.3, 0.4) is 0 Å². The van der Waals surface area contributed by atoms with Gasteiger partial charge in [-0.05, 0) is 19.4 Å². The number of carbonyl (C=O) groups is 2. The van der Waals surface area contributed by atoms with Crippen molar-refractivity contribution in [2.45, 2.75) is 70.8 Å². The molecule has 2 aliphatic heterocycles. The maximum atomic E-state index is 11.6. The van der Waals surface area contributed by atoms with Crippen molar-refractivity contribution in [3.8, 4) is 0 Å². The summed E-state index contributed by atoms with van der Waals surface area (Å²) in [5, 5.41) is 0. The van der Waals surface area contributed by atoms with Gasteiger partial charge in [-0.2, -0.15) is 0 Å². The molecule has 0 spiro atoms. The first-order valence-electron chi connectivity index (χ1n) is 9.22. The number of hydrogen-bond acceptors (Lipinski definition) is 8. The van der Waals surface area contributed by atoms with E-state index < -0.39 is 48.4 Å². The van der Waals surface area contributed by atoms with Gasteiger partial charge in [-0.3, -0.25) is 9.59 Å². The number of fused-ring (bicyclic) bond motifs is 1. The molecule has 1 aromatic carbocycles. The van der Waals surface area contributed by atoms with E-state index >= 15 is 0 Å². The fourth-order valence-electron chi connectivity index (χ4n) is 3.37. The molecule has 0 N–H and O–H groups in total. The topological polar surface area (TPSA) is 89.5 Å². The lowest BCUT2D eigenvalue weighted by Gasteiger charge is -2.30. The van der Waals surface area contributed by atoms with Crippen molar-refractivity contribution >= 4 is 11.9 Å². The molecule has 2 heterocycles. The molecule has 5 atom stereocenters. The van der Waals surface area contributed by atoms with Crippen LogP contribution in [-0.2, 0) is 44.6 Å². The Hall–Kier alpha value is -2.00. The number of benzene rings is 1. The molecule has 8 heteroatoms. The van der Waals surface area contributed by atoms with E-state index in [1.54, 1.807) is 13.8 Å². The molecule has 0 aromatic heterocycles. The van der Waals surface area contributed by atoms with Crippen molar-refractivity contribution in [1.29, 1.82) is 0 Å². The maximum absolute atomic E-state index is 11.6. The monoisotopic (exact) mass is 394 g/mol. The second-order valence-corrected chi connectivity index (χ2v) is 7.28. The zero-order chi connectivity index (χ0) is 20.3. The Morgan fingerprint density at radius 3 is 2.46 bits per heavy atom. The average molecular weight is 394 g/mol. The molecule has 0 saturated carbocycles. The van der Waals surface area contributed by atoms with Gasteiger partial charge in [0, 0.05) is 13.8 Å². The molecular weight excluding hydrogens is 368 g/mol. The lowest BCUT2D eigenvalue weighted by Crippen LogP contribution is -2.46. The fourth-order valence-corrected chi connectivity index (χ4v) is 3.37. The van der Waals surface area contributed by atoms with E-state index in [1.165, 1.54) is 13.8 Å². The third-order valence-corrected chi connectivity index (χ3v) is 4.45. The van der Waals surface area contributed by atoms with Crippen LogP contribution in [0.15, 0.2) is 30.3 Å². The molecule has 28 heavy (non-hydrogen) atoms. The van der Waals surface area contributed by atoms with Gasteiger partial charge in [-0.1, -0.05) is 30.3 Å². The summed E-state index contributed by atoms with van der Waals surface area (Å²) < 4.78 is 34.3. The molecule has 8 nitrogen and oxygen atoms in total. The molecule has 0 aliphatic carbocycles. The Morgan fingerprint density at radius 1 is 1.11 bits per heavy atom. The molecule has 3 rings (SSSR count). The molecule has 1 aromatic rings. The number of ether oxygens (including phenoxy) is 6. The standard InChI is InChI=1S/C20H26O8/c1-12(21)23-11-15(25-13(2)22)16-17(24-10-14-8-6-5-7-9-14)18-19(26-16)28-20(3,4)27-18/h5-9,15-19H,10-11H2,1-4H3/t15-,16+,17+,18-,19-/m1/s1. The molecule has 0 amide bonds. The summed E-state index contributed by atoms with van der Waals surface area (Å²) in [7, 11) is 0. The van der Waals surface area contributed by atoms with E-state index in [9.17, 15) is 9.59 Å². The highest BCUT2D eigenvalue weighted by Crippen LogP contribution is 2.40. The minimum atomic E-state index is -0.844. The van der Waals surface area contributed by atoms with E-state index in [0.717, 1.165) is 5.56 Å². The van der Waals surface area contributed by atoms with Crippen molar-refractivity contribution in [3.63, 3.8) is 0 Å². The van der Waals surface area contributed by atoms with E-state index in [1.807, 2.05) is 30.3 Å². The van der Waals surface area contributed by atoms with Gasteiger partial charge >= 0.3 is 11.9 Å². The Bertz CT molecular complexity index is 689. The third kappa shape index (κ3) is 5.08. The van der Waals surface area contributed by atoms with Crippen LogP contribution < -0.4 is 0 Å². The number of hydrogen-bond donors (Lipinski definition) is 0. The van der Waals surface area contributed by atoms with E-state index in [4.69, 9.17) is 28.4 Å². The fraction of sp³-hybridized carbons (Fsp3) is 0.600. The van der Waals surface area contributed by atoms with Crippen LogP contribution in [-0.4, -0.2) is 55.0 Å².